The van der Waals surface area contributed by atoms with Crippen LogP contribution in [0, 0.1) is 24.7 Å². The molecule has 8 nitrogen and oxygen atoms in total. The van der Waals surface area contributed by atoms with Gasteiger partial charge in [-0.1, -0.05) is 6.42 Å². The van der Waals surface area contributed by atoms with Gasteiger partial charge in [0.25, 0.3) is 0 Å². The molecule has 0 radical (unpaired) electrons. The number of rotatable bonds is 6. The molecule has 2 heterocycles. The second-order valence-electron chi connectivity index (χ2n) is 7.76. The number of aryl methyl sites for hydroxylation is 1. The molecule has 2 aliphatic rings. The number of aromatic nitrogens is 2. The zero-order valence-electron chi connectivity index (χ0n) is 16.2. The number of anilines is 1. The van der Waals surface area contributed by atoms with Crippen molar-refractivity contribution in [2.75, 3.05) is 12.3 Å². The number of nitrogens with zero attached hydrogens (tertiary/aromatic N) is 2. The molecule has 0 aromatic carbocycles. The maximum absolute atomic E-state index is 12.2. The van der Waals surface area contributed by atoms with Crippen molar-refractivity contribution in [3.63, 3.8) is 0 Å². The summed E-state index contributed by atoms with van der Waals surface area (Å²) in [6.45, 7) is 3.53. The molecule has 3 unspecified atom stereocenters. The van der Waals surface area contributed by atoms with Crippen LogP contribution in [0.3, 0.4) is 0 Å². The molecule has 2 aromatic heterocycles. The van der Waals surface area contributed by atoms with Crippen molar-refractivity contribution in [2.24, 2.45) is 17.8 Å². The molecule has 2 N–H and O–H groups in total. The van der Waals surface area contributed by atoms with E-state index >= 15 is 0 Å². The molecule has 0 aliphatic heterocycles. The number of carbonyl (C=O) groups excluding carboxylic acids is 2. The summed E-state index contributed by atoms with van der Waals surface area (Å²) < 4.78 is 16.0. The molecular weight excluding hydrogens is 362 g/mol. The highest BCUT2D eigenvalue weighted by molar-refractivity contribution is 6.07. The summed E-state index contributed by atoms with van der Waals surface area (Å²) >= 11 is 0. The molecule has 2 bridgehead atoms. The maximum atomic E-state index is 12.2. The van der Waals surface area contributed by atoms with Crippen molar-refractivity contribution in [1.82, 2.24) is 9.97 Å². The Bertz CT molecular complexity index is 922. The van der Waals surface area contributed by atoms with E-state index in [4.69, 9.17) is 19.6 Å². The number of furan rings is 1. The lowest BCUT2D eigenvalue weighted by Crippen LogP contribution is -2.17. The van der Waals surface area contributed by atoms with Gasteiger partial charge in [-0.3, -0.25) is 4.79 Å². The smallest absolute Gasteiger partial charge is 0.342 e. The number of esters is 2. The fourth-order valence-corrected chi connectivity index (χ4v) is 4.74. The average Bonchev–Trinajstić information content (AvgIpc) is 3.33. The second kappa shape index (κ2) is 7.41. The summed E-state index contributed by atoms with van der Waals surface area (Å²) in [5, 5.41) is 0.327. The first-order chi connectivity index (χ1) is 13.5. The van der Waals surface area contributed by atoms with Gasteiger partial charge in [-0.25, -0.2) is 9.78 Å². The quantitative estimate of drug-likeness (QED) is 0.751. The highest BCUT2D eigenvalue weighted by atomic mass is 16.5. The molecule has 28 heavy (non-hydrogen) atoms. The van der Waals surface area contributed by atoms with Crippen molar-refractivity contribution in [2.45, 2.75) is 52.6 Å². The monoisotopic (exact) mass is 387 g/mol. The van der Waals surface area contributed by atoms with Crippen LogP contribution in [0.25, 0.3) is 11.1 Å². The Labute approximate surface area is 162 Å². The number of nitrogen functional groups attached to an aromatic ring is 1. The zero-order valence-corrected chi connectivity index (χ0v) is 16.2. The Morgan fingerprint density at radius 1 is 1.21 bits per heavy atom. The normalized spacial score (nSPS) is 23.3. The molecule has 2 saturated carbocycles. The number of carbonyl (C=O) groups is 2. The van der Waals surface area contributed by atoms with E-state index < -0.39 is 5.97 Å². The van der Waals surface area contributed by atoms with Gasteiger partial charge in [0.1, 0.15) is 17.1 Å². The Morgan fingerprint density at radius 3 is 2.71 bits per heavy atom. The van der Waals surface area contributed by atoms with Crippen molar-refractivity contribution in [3.8, 4) is 0 Å². The predicted octanol–water partition coefficient (Wildman–Crippen LogP) is 3.16. The van der Waals surface area contributed by atoms with Crippen LogP contribution in [0.15, 0.2) is 4.42 Å². The predicted molar refractivity (Wildman–Crippen MR) is 100 cm³/mol. The lowest BCUT2D eigenvalue weighted by Gasteiger charge is -2.20. The maximum Gasteiger partial charge on any atom is 0.342 e. The Kier molecular flexibility index (Phi) is 4.95. The van der Waals surface area contributed by atoms with Gasteiger partial charge in [0.2, 0.25) is 5.71 Å². The number of hydrogen-bond acceptors (Lipinski definition) is 8. The molecular formula is C20H25N3O5. The minimum absolute atomic E-state index is 0.0751. The van der Waals surface area contributed by atoms with Gasteiger partial charge in [0, 0.05) is 6.42 Å². The van der Waals surface area contributed by atoms with Gasteiger partial charge in [-0.15, -0.1) is 0 Å². The number of hydrogen-bond donors (Lipinski definition) is 1. The van der Waals surface area contributed by atoms with Crippen LogP contribution < -0.4 is 5.73 Å². The third-order valence-electron chi connectivity index (χ3n) is 5.96. The van der Waals surface area contributed by atoms with Crippen LogP contribution in [0.1, 0.15) is 61.0 Å². The van der Waals surface area contributed by atoms with Crippen molar-refractivity contribution < 1.29 is 23.5 Å². The van der Waals surface area contributed by atoms with Crippen LogP contribution in [-0.4, -0.2) is 28.5 Å². The van der Waals surface area contributed by atoms with E-state index in [1.807, 2.05) is 0 Å². The first-order valence-corrected chi connectivity index (χ1v) is 9.84. The van der Waals surface area contributed by atoms with E-state index in [-0.39, 0.29) is 42.1 Å². The molecule has 0 amide bonds. The number of nitrogens with two attached hydrogens (primary N) is 1. The molecule has 2 aromatic rings. The number of ether oxygens (including phenoxy) is 2. The molecule has 150 valence electrons. The fourth-order valence-electron chi connectivity index (χ4n) is 4.74. The topological polar surface area (TPSA) is 118 Å². The van der Waals surface area contributed by atoms with Crippen molar-refractivity contribution in [1.29, 1.82) is 0 Å². The van der Waals surface area contributed by atoms with Crippen LogP contribution in [0.4, 0.5) is 5.82 Å². The highest BCUT2D eigenvalue weighted by Gasteiger charge is 2.40. The lowest BCUT2D eigenvalue weighted by molar-refractivity contribution is -0.146. The minimum Gasteiger partial charge on any atom is -0.462 e. The third kappa shape index (κ3) is 3.43. The summed E-state index contributed by atoms with van der Waals surface area (Å²) in [6.07, 6.45) is 5.39. The molecule has 0 saturated heterocycles. The van der Waals surface area contributed by atoms with Gasteiger partial charge in [-0.05, 0) is 50.9 Å². The molecule has 4 rings (SSSR count). The Balaban J connectivity index is 1.44. The van der Waals surface area contributed by atoms with Gasteiger partial charge in [-0.2, -0.15) is 4.98 Å². The third-order valence-corrected chi connectivity index (χ3v) is 5.96. The Morgan fingerprint density at radius 2 is 2.04 bits per heavy atom. The van der Waals surface area contributed by atoms with Gasteiger partial charge >= 0.3 is 11.9 Å². The summed E-state index contributed by atoms with van der Waals surface area (Å²) in [7, 11) is 0. The van der Waals surface area contributed by atoms with E-state index in [0.717, 1.165) is 12.3 Å². The van der Waals surface area contributed by atoms with Crippen molar-refractivity contribution in [3.05, 3.63) is 17.1 Å². The first kappa shape index (κ1) is 18.7. The van der Waals surface area contributed by atoms with Crippen LogP contribution in [0.5, 0.6) is 0 Å². The summed E-state index contributed by atoms with van der Waals surface area (Å²) in [5.74, 6) is 1.86. The molecule has 8 heteroatoms. The summed E-state index contributed by atoms with van der Waals surface area (Å²) in [4.78, 5) is 32.8. The zero-order chi connectivity index (χ0) is 19.8. The molecule has 0 spiro atoms. The fraction of sp³-hybridized carbons (Fsp3) is 0.600. The first-order valence-electron chi connectivity index (χ1n) is 9.84. The van der Waals surface area contributed by atoms with E-state index in [0.29, 0.717) is 29.4 Å². The summed E-state index contributed by atoms with van der Waals surface area (Å²) in [6, 6.07) is 0. The SMILES string of the molecule is CCOC(=O)c1c(C)oc2nc(COC(=O)CC3CC4CCC3C4)nc(N)c12. The average molecular weight is 387 g/mol. The van der Waals surface area contributed by atoms with Crippen LogP contribution in [-0.2, 0) is 20.9 Å². The molecule has 2 aliphatic carbocycles. The minimum atomic E-state index is -0.529. The van der Waals surface area contributed by atoms with Gasteiger partial charge in [0.15, 0.2) is 12.4 Å². The summed E-state index contributed by atoms with van der Waals surface area (Å²) in [5.41, 5.74) is 6.44. The van der Waals surface area contributed by atoms with Crippen molar-refractivity contribution >= 4 is 28.9 Å². The van der Waals surface area contributed by atoms with E-state index in [1.165, 1.54) is 19.3 Å². The standard InChI is InChI=1S/C20H25N3O5/c1-3-26-20(25)16-10(2)28-19-17(16)18(21)22-14(23-19)9-27-15(24)8-13-7-11-4-5-12(13)6-11/h11-13H,3-9H2,1-2H3,(H2,21,22,23). The van der Waals surface area contributed by atoms with E-state index in [9.17, 15) is 9.59 Å². The largest absolute Gasteiger partial charge is 0.462 e. The molecule has 3 atom stereocenters. The van der Waals surface area contributed by atoms with Crippen LogP contribution in [0.2, 0.25) is 0 Å². The second-order valence-corrected chi connectivity index (χ2v) is 7.76. The molecule has 2 fully saturated rings. The van der Waals surface area contributed by atoms with Gasteiger partial charge < -0.3 is 19.6 Å². The number of fused-ring (bicyclic) bond motifs is 3. The van der Waals surface area contributed by atoms with Gasteiger partial charge in [0.05, 0.1) is 12.0 Å². The Hall–Kier alpha value is -2.64. The van der Waals surface area contributed by atoms with E-state index in [1.54, 1.807) is 13.8 Å². The highest BCUT2D eigenvalue weighted by Crippen LogP contribution is 2.49. The van der Waals surface area contributed by atoms with E-state index in [2.05, 4.69) is 9.97 Å². The lowest BCUT2D eigenvalue weighted by atomic mass is 9.86. The van der Waals surface area contributed by atoms with Crippen LogP contribution >= 0.6 is 0 Å².